The van der Waals surface area contributed by atoms with Crippen molar-refractivity contribution in [3.8, 4) is 0 Å². The molecule has 3 nitrogen and oxygen atoms in total. The summed E-state index contributed by atoms with van der Waals surface area (Å²) in [4.78, 5) is 15.9. The molecule has 0 unspecified atom stereocenters. The summed E-state index contributed by atoms with van der Waals surface area (Å²) in [6, 6.07) is 4.99. The molecule has 2 rings (SSSR count). The van der Waals surface area contributed by atoms with Crippen LogP contribution in [0.15, 0.2) is 32.7 Å². The topological polar surface area (TPSA) is 42.0 Å². The summed E-state index contributed by atoms with van der Waals surface area (Å²) in [5.74, 6) is -0.218. The van der Waals surface area contributed by atoms with Gasteiger partial charge in [-0.05, 0) is 50.1 Å². The van der Waals surface area contributed by atoms with Gasteiger partial charge >= 0.3 is 0 Å². The predicted molar refractivity (Wildman–Crippen MR) is 76.9 cm³/mol. The number of carbonyl (C=O) groups excluding carboxylic acids is 1. The zero-order valence-corrected chi connectivity index (χ0v) is 13.0. The first-order chi connectivity index (χ1) is 8.06. The van der Waals surface area contributed by atoms with E-state index in [2.05, 4.69) is 42.2 Å². The van der Waals surface area contributed by atoms with Crippen LogP contribution < -0.4 is 5.32 Å². The summed E-state index contributed by atoms with van der Waals surface area (Å²) in [6.07, 6.45) is 1.64. The average molecular weight is 396 g/mol. The van der Waals surface area contributed by atoms with Crippen LogP contribution in [0.4, 0.5) is 5.13 Å². The van der Waals surface area contributed by atoms with Crippen LogP contribution in [-0.2, 0) is 0 Å². The lowest BCUT2D eigenvalue weighted by molar-refractivity contribution is 0.102. The van der Waals surface area contributed by atoms with E-state index in [1.165, 1.54) is 11.3 Å². The summed E-state index contributed by atoms with van der Waals surface area (Å²) in [7, 11) is 0. The molecule has 0 atom stereocenters. The first-order valence-corrected chi connectivity index (χ1v) is 7.22. The standard InChI is InChI=1S/C10H5Br2ClN2OS/c11-6-3-5(1-2-7(6)13)9(16)15-10-14-4-8(12)17-10/h1-4H,(H,14,15,16). The number of carbonyl (C=O) groups is 1. The van der Waals surface area contributed by atoms with E-state index in [-0.39, 0.29) is 5.91 Å². The fourth-order valence-corrected chi connectivity index (χ4v) is 2.72. The molecule has 0 aliphatic rings. The Balaban J connectivity index is 2.17. The maximum Gasteiger partial charge on any atom is 0.257 e. The van der Waals surface area contributed by atoms with Crippen LogP contribution in [0.5, 0.6) is 0 Å². The number of hydrogen-bond acceptors (Lipinski definition) is 3. The lowest BCUT2D eigenvalue weighted by atomic mass is 10.2. The van der Waals surface area contributed by atoms with Gasteiger partial charge in [0, 0.05) is 10.0 Å². The molecule has 0 spiro atoms. The SMILES string of the molecule is O=C(Nc1ncc(Br)s1)c1ccc(Cl)c(Br)c1. The highest BCUT2D eigenvalue weighted by Crippen LogP contribution is 2.25. The van der Waals surface area contributed by atoms with Gasteiger partial charge in [0.25, 0.3) is 5.91 Å². The number of hydrogen-bond donors (Lipinski definition) is 1. The van der Waals surface area contributed by atoms with E-state index < -0.39 is 0 Å². The minimum atomic E-state index is -0.218. The highest BCUT2D eigenvalue weighted by atomic mass is 79.9. The Hall–Kier alpha value is -0.430. The van der Waals surface area contributed by atoms with Gasteiger partial charge in [-0.1, -0.05) is 22.9 Å². The number of amides is 1. The molecule has 0 bridgehead atoms. The van der Waals surface area contributed by atoms with Gasteiger partial charge in [0.2, 0.25) is 0 Å². The highest BCUT2D eigenvalue weighted by molar-refractivity contribution is 9.11. The number of benzene rings is 1. The van der Waals surface area contributed by atoms with Crippen molar-refractivity contribution in [3.63, 3.8) is 0 Å². The molecule has 1 N–H and O–H groups in total. The number of rotatable bonds is 2. The third-order valence-corrected chi connectivity index (χ3v) is 4.49. The normalized spacial score (nSPS) is 10.3. The second kappa shape index (κ2) is 5.48. The van der Waals surface area contributed by atoms with Crippen molar-refractivity contribution in [2.45, 2.75) is 0 Å². The van der Waals surface area contributed by atoms with E-state index in [9.17, 15) is 4.79 Å². The van der Waals surface area contributed by atoms with E-state index in [0.29, 0.717) is 20.2 Å². The highest BCUT2D eigenvalue weighted by Gasteiger charge is 2.10. The van der Waals surface area contributed by atoms with Crippen molar-refractivity contribution in [2.75, 3.05) is 5.32 Å². The molecule has 1 aromatic heterocycles. The van der Waals surface area contributed by atoms with Crippen LogP contribution in [-0.4, -0.2) is 10.9 Å². The van der Waals surface area contributed by atoms with Crippen LogP contribution in [0, 0.1) is 0 Å². The molecule has 0 saturated heterocycles. The van der Waals surface area contributed by atoms with Crippen molar-refractivity contribution in [1.29, 1.82) is 0 Å². The average Bonchev–Trinajstić information content (AvgIpc) is 2.68. The Kier molecular flexibility index (Phi) is 4.19. The Morgan fingerprint density at radius 3 is 2.76 bits per heavy atom. The molecule has 0 saturated carbocycles. The third kappa shape index (κ3) is 3.28. The number of anilines is 1. The van der Waals surface area contributed by atoms with Crippen molar-refractivity contribution in [3.05, 3.63) is 43.2 Å². The van der Waals surface area contributed by atoms with Crippen LogP contribution in [0.25, 0.3) is 0 Å². The van der Waals surface area contributed by atoms with E-state index >= 15 is 0 Å². The van der Waals surface area contributed by atoms with Crippen molar-refractivity contribution in [1.82, 2.24) is 4.98 Å². The van der Waals surface area contributed by atoms with E-state index in [1.54, 1.807) is 24.4 Å². The van der Waals surface area contributed by atoms with Crippen LogP contribution >= 0.6 is 54.8 Å². The molecule has 1 amide bonds. The van der Waals surface area contributed by atoms with Crippen LogP contribution in [0.2, 0.25) is 5.02 Å². The number of thiazole rings is 1. The number of halogens is 3. The molecule has 7 heteroatoms. The third-order valence-electron chi connectivity index (χ3n) is 1.88. The quantitative estimate of drug-likeness (QED) is 0.808. The van der Waals surface area contributed by atoms with Crippen molar-refractivity contribution >= 4 is 65.8 Å². The molecule has 0 aliphatic heterocycles. The zero-order valence-electron chi connectivity index (χ0n) is 8.21. The van der Waals surface area contributed by atoms with Gasteiger partial charge in [-0.25, -0.2) is 4.98 Å². The van der Waals surface area contributed by atoms with Gasteiger partial charge in [0.05, 0.1) is 15.0 Å². The van der Waals surface area contributed by atoms with Gasteiger partial charge in [0.1, 0.15) is 0 Å². The van der Waals surface area contributed by atoms with E-state index in [4.69, 9.17) is 11.6 Å². The molecular weight excluding hydrogens is 391 g/mol. The second-order valence-electron chi connectivity index (χ2n) is 3.05. The summed E-state index contributed by atoms with van der Waals surface area (Å²) in [6.45, 7) is 0. The molecule has 1 aromatic carbocycles. The predicted octanol–water partition coefficient (Wildman–Crippen LogP) is 4.57. The lowest BCUT2D eigenvalue weighted by Crippen LogP contribution is -2.11. The molecule has 2 aromatic rings. The molecule has 88 valence electrons. The Labute approximate surface area is 123 Å². The molecule has 0 fully saturated rings. The van der Waals surface area contributed by atoms with Gasteiger partial charge in [-0.3, -0.25) is 10.1 Å². The van der Waals surface area contributed by atoms with Gasteiger partial charge in [0.15, 0.2) is 5.13 Å². The van der Waals surface area contributed by atoms with Crippen molar-refractivity contribution < 1.29 is 4.79 Å². The Morgan fingerprint density at radius 1 is 1.41 bits per heavy atom. The zero-order chi connectivity index (χ0) is 12.4. The minimum Gasteiger partial charge on any atom is -0.298 e. The fourth-order valence-electron chi connectivity index (χ4n) is 1.12. The lowest BCUT2D eigenvalue weighted by Gasteiger charge is -2.03. The molecule has 17 heavy (non-hydrogen) atoms. The number of nitrogens with one attached hydrogen (secondary N) is 1. The molecule has 1 heterocycles. The van der Waals surface area contributed by atoms with Crippen LogP contribution in [0.3, 0.4) is 0 Å². The Morgan fingerprint density at radius 2 is 2.18 bits per heavy atom. The van der Waals surface area contributed by atoms with Crippen molar-refractivity contribution in [2.24, 2.45) is 0 Å². The van der Waals surface area contributed by atoms with Crippen LogP contribution in [0.1, 0.15) is 10.4 Å². The molecule has 0 aliphatic carbocycles. The largest absolute Gasteiger partial charge is 0.298 e. The van der Waals surface area contributed by atoms with E-state index in [1.807, 2.05) is 0 Å². The number of nitrogens with zero attached hydrogens (tertiary/aromatic N) is 1. The van der Waals surface area contributed by atoms with Gasteiger partial charge < -0.3 is 0 Å². The summed E-state index contributed by atoms with van der Waals surface area (Å²) < 4.78 is 1.55. The van der Waals surface area contributed by atoms with E-state index in [0.717, 1.165) is 3.79 Å². The second-order valence-corrected chi connectivity index (χ2v) is 6.72. The monoisotopic (exact) mass is 394 g/mol. The molecule has 0 radical (unpaired) electrons. The summed E-state index contributed by atoms with van der Waals surface area (Å²) in [5.41, 5.74) is 0.521. The Bertz CT molecular complexity index is 573. The summed E-state index contributed by atoms with van der Waals surface area (Å²) in [5, 5.41) is 3.82. The first kappa shape index (κ1) is 13.0. The molecular formula is C10H5Br2ClN2OS. The van der Waals surface area contributed by atoms with Gasteiger partial charge in [-0.2, -0.15) is 0 Å². The first-order valence-electron chi connectivity index (χ1n) is 4.44. The smallest absolute Gasteiger partial charge is 0.257 e. The minimum absolute atomic E-state index is 0.218. The maximum absolute atomic E-state index is 11.9. The van der Waals surface area contributed by atoms with Gasteiger partial charge in [-0.15, -0.1) is 0 Å². The summed E-state index contributed by atoms with van der Waals surface area (Å²) >= 11 is 13.8. The fraction of sp³-hybridized carbons (Fsp3) is 0. The number of aromatic nitrogens is 1. The maximum atomic E-state index is 11.9.